The van der Waals surface area contributed by atoms with Crippen molar-refractivity contribution in [3.05, 3.63) is 58.0 Å². The van der Waals surface area contributed by atoms with Crippen LogP contribution in [0.25, 0.3) is 16.6 Å². The minimum absolute atomic E-state index is 0.133. The number of benzene rings is 2. The van der Waals surface area contributed by atoms with Crippen LogP contribution in [-0.2, 0) is 0 Å². The van der Waals surface area contributed by atoms with Crippen LogP contribution in [0.3, 0.4) is 0 Å². The number of nitrogens with one attached hydrogen (secondary N) is 1. The zero-order valence-corrected chi connectivity index (χ0v) is 11.9. The molecule has 0 bridgehead atoms. The third kappa shape index (κ3) is 2.32. The number of aromatic nitrogens is 2. The molecule has 0 amide bonds. The van der Waals surface area contributed by atoms with E-state index in [9.17, 15) is 9.90 Å². The number of hydrogen-bond donors (Lipinski definition) is 2. The predicted molar refractivity (Wildman–Crippen MR) is 83.6 cm³/mol. The molecular weight excluding hydrogens is 290 g/mol. The molecule has 5 nitrogen and oxygen atoms in total. The predicted octanol–water partition coefficient (Wildman–Crippen LogP) is 2.79. The first-order chi connectivity index (χ1) is 10.1. The molecule has 0 saturated carbocycles. The first-order valence-corrected chi connectivity index (χ1v) is 6.67. The van der Waals surface area contributed by atoms with Crippen LogP contribution in [0.2, 0.25) is 5.02 Å². The molecule has 0 aliphatic heterocycles. The van der Waals surface area contributed by atoms with Gasteiger partial charge in [0.2, 0.25) is 0 Å². The molecule has 3 rings (SSSR count). The van der Waals surface area contributed by atoms with Gasteiger partial charge in [-0.25, -0.2) is 4.79 Å². The first kappa shape index (κ1) is 13.5. The number of hydrogen-bond acceptors (Lipinski definition) is 4. The molecule has 0 atom stereocenters. The molecule has 0 unspecified atom stereocenters. The van der Waals surface area contributed by atoms with Crippen LogP contribution in [0, 0.1) is 0 Å². The number of phenols is 1. The summed E-state index contributed by atoms with van der Waals surface area (Å²) < 4.78 is 1.46. The van der Waals surface area contributed by atoms with E-state index in [2.05, 4.69) is 10.3 Å². The summed E-state index contributed by atoms with van der Waals surface area (Å²) in [7, 11) is 1.71. The number of nitrogens with zero attached hydrogens (tertiary/aromatic N) is 2. The van der Waals surface area contributed by atoms with Crippen molar-refractivity contribution in [1.82, 2.24) is 9.55 Å². The standard InChI is InChI=1S/C15H12ClN3O2/c1-17-14-12-7-2-9(16)8-13(12)19(15(21)18-14)10-3-5-11(20)6-4-10/h2-8,20H,1H3,(H,17,18,21). The molecule has 21 heavy (non-hydrogen) atoms. The maximum atomic E-state index is 12.3. The van der Waals surface area contributed by atoms with Crippen molar-refractivity contribution in [3.8, 4) is 11.4 Å². The van der Waals surface area contributed by atoms with E-state index in [1.165, 1.54) is 16.7 Å². The van der Waals surface area contributed by atoms with Crippen LogP contribution in [-0.4, -0.2) is 21.7 Å². The van der Waals surface area contributed by atoms with E-state index in [4.69, 9.17) is 11.6 Å². The largest absolute Gasteiger partial charge is 0.508 e. The minimum Gasteiger partial charge on any atom is -0.508 e. The second-order valence-corrected chi connectivity index (χ2v) is 4.94. The second kappa shape index (κ2) is 5.10. The zero-order valence-electron chi connectivity index (χ0n) is 11.2. The highest BCUT2D eigenvalue weighted by Gasteiger charge is 2.11. The highest BCUT2D eigenvalue weighted by Crippen LogP contribution is 2.25. The molecule has 1 aromatic heterocycles. The fourth-order valence-electron chi connectivity index (χ4n) is 2.24. The number of aromatic hydroxyl groups is 1. The second-order valence-electron chi connectivity index (χ2n) is 4.51. The normalized spacial score (nSPS) is 10.8. The van der Waals surface area contributed by atoms with Crippen LogP contribution in [0.5, 0.6) is 5.75 Å². The van der Waals surface area contributed by atoms with Gasteiger partial charge in [-0.15, -0.1) is 0 Å². The van der Waals surface area contributed by atoms with Gasteiger partial charge in [0.1, 0.15) is 11.6 Å². The SMILES string of the molecule is CNc1nc(=O)n(-c2ccc(O)cc2)c2cc(Cl)ccc12. The number of fused-ring (bicyclic) bond motifs is 1. The van der Waals surface area contributed by atoms with Gasteiger partial charge in [0.05, 0.1) is 11.2 Å². The maximum Gasteiger partial charge on any atom is 0.354 e. The van der Waals surface area contributed by atoms with Crippen molar-refractivity contribution >= 4 is 28.3 Å². The van der Waals surface area contributed by atoms with Crippen molar-refractivity contribution in [2.45, 2.75) is 0 Å². The molecule has 0 radical (unpaired) electrons. The Morgan fingerprint density at radius 1 is 1.19 bits per heavy atom. The van der Waals surface area contributed by atoms with Gasteiger partial charge < -0.3 is 10.4 Å². The van der Waals surface area contributed by atoms with E-state index in [1.54, 1.807) is 31.3 Å². The lowest BCUT2D eigenvalue weighted by Gasteiger charge is -2.12. The number of halogens is 1. The van der Waals surface area contributed by atoms with E-state index in [-0.39, 0.29) is 5.75 Å². The summed E-state index contributed by atoms with van der Waals surface area (Å²) in [5, 5.41) is 13.6. The minimum atomic E-state index is -0.417. The van der Waals surface area contributed by atoms with Crippen LogP contribution in [0.4, 0.5) is 5.82 Å². The fourth-order valence-corrected chi connectivity index (χ4v) is 2.41. The summed E-state index contributed by atoms with van der Waals surface area (Å²) >= 11 is 6.06. The van der Waals surface area contributed by atoms with E-state index in [0.717, 1.165) is 5.39 Å². The van der Waals surface area contributed by atoms with E-state index < -0.39 is 5.69 Å². The monoisotopic (exact) mass is 301 g/mol. The molecule has 106 valence electrons. The lowest BCUT2D eigenvalue weighted by Crippen LogP contribution is -2.23. The third-order valence-electron chi connectivity index (χ3n) is 3.20. The van der Waals surface area contributed by atoms with Crippen molar-refractivity contribution < 1.29 is 5.11 Å². The van der Waals surface area contributed by atoms with Crippen molar-refractivity contribution in [2.75, 3.05) is 12.4 Å². The summed E-state index contributed by atoms with van der Waals surface area (Å²) in [5.41, 5.74) is 0.845. The molecule has 6 heteroatoms. The number of anilines is 1. The van der Waals surface area contributed by atoms with Crippen LogP contribution < -0.4 is 11.0 Å². The van der Waals surface area contributed by atoms with E-state index in [1.807, 2.05) is 6.07 Å². The Kier molecular flexibility index (Phi) is 3.27. The average molecular weight is 302 g/mol. The van der Waals surface area contributed by atoms with Gasteiger partial charge in [0, 0.05) is 17.5 Å². The molecule has 0 fully saturated rings. The zero-order chi connectivity index (χ0) is 15.0. The van der Waals surface area contributed by atoms with E-state index >= 15 is 0 Å². The lowest BCUT2D eigenvalue weighted by molar-refractivity contribution is 0.475. The maximum absolute atomic E-state index is 12.3. The third-order valence-corrected chi connectivity index (χ3v) is 3.43. The Bertz CT molecular complexity index is 872. The average Bonchev–Trinajstić information content (AvgIpc) is 2.47. The smallest absolute Gasteiger partial charge is 0.354 e. The molecule has 0 spiro atoms. The van der Waals surface area contributed by atoms with Gasteiger partial charge in [-0.3, -0.25) is 4.57 Å². The number of rotatable bonds is 2. The van der Waals surface area contributed by atoms with Crippen molar-refractivity contribution in [2.24, 2.45) is 0 Å². The van der Waals surface area contributed by atoms with Crippen LogP contribution in [0.15, 0.2) is 47.3 Å². The molecule has 0 saturated heterocycles. The van der Waals surface area contributed by atoms with E-state index in [0.29, 0.717) is 22.0 Å². The summed E-state index contributed by atoms with van der Waals surface area (Å²) in [5.74, 6) is 0.635. The van der Waals surface area contributed by atoms with Gasteiger partial charge in [-0.2, -0.15) is 4.98 Å². The van der Waals surface area contributed by atoms with Gasteiger partial charge in [0.25, 0.3) is 0 Å². The Balaban J connectivity index is 2.41. The summed E-state index contributed by atoms with van der Waals surface area (Å²) in [6.07, 6.45) is 0. The van der Waals surface area contributed by atoms with Crippen LogP contribution in [0.1, 0.15) is 0 Å². The summed E-state index contributed by atoms with van der Waals surface area (Å²) in [4.78, 5) is 16.4. The number of phenolic OH excluding ortho intramolecular Hbond substituents is 1. The van der Waals surface area contributed by atoms with Gasteiger partial charge in [-0.05, 0) is 42.5 Å². The van der Waals surface area contributed by atoms with Crippen LogP contribution >= 0.6 is 11.6 Å². The van der Waals surface area contributed by atoms with Crippen molar-refractivity contribution in [1.29, 1.82) is 0 Å². The Morgan fingerprint density at radius 3 is 2.57 bits per heavy atom. The molecule has 3 aromatic rings. The van der Waals surface area contributed by atoms with Gasteiger partial charge in [0.15, 0.2) is 0 Å². The molecule has 2 N–H and O–H groups in total. The fraction of sp³-hybridized carbons (Fsp3) is 0.0667. The first-order valence-electron chi connectivity index (χ1n) is 6.29. The topological polar surface area (TPSA) is 67.2 Å². The Labute approximate surface area is 125 Å². The Hall–Kier alpha value is -2.53. The lowest BCUT2D eigenvalue weighted by atomic mass is 10.2. The van der Waals surface area contributed by atoms with Gasteiger partial charge >= 0.3 is 5.69 Å². The highest BCUT2D eigenvalue weighted by atomic mass is 35.5. The van der Waals surface area contributed by atoms with Crippen molar-refractivity contribution in [3.63, 3.8) is 0 Å². The summed E-state index contributed by atoms with van der Waals surface area (Å²) in [6, 6.07) is 11.6. The molecule has 0 aliphatic rings. The Morgan fingerprint density at radius 2 is 1.90 bits per heavy atom. The molecular formula is C15H12ClN3O2. The molecule has 1 heterocycles. The molecule has 2 aromatic carbocycles. The molecule has 0 aliphatic carbocycles. The van der Waals surface area contributed by atoms with Gasteiger partial charge in [-0.1, -0.05) is 11.6 Å². The highest BCUT2D eigenvalue weighted by molar-refractivity contribution is 6.31. The summed E-state index contributed by atoms with van der Waals surface area (Å²) in [6.45, 7) is 0. The quantitative estimate of drug-likeness (QED) is 0.764.